The Kier molecular flexibility index (Phi) is 7.39. The van der Waals surface area contributed by atoms with Gasteiger partial charge in [-0.2, -0.15) is 0 Å². The molecule has 2 atom stereocenters. The van der Waals surface area contributed by atoms with Gasteiger partial charge in [-0.3, -0.25) is 19.0 Å². The van der Waals surface area contributed by atoms with Crippen molar-refractivity contribution in [1.29, 1.82) is 0 Å². The number of hydrogen-bond acceptors (Lipinski definition) is 7. The van der Waals surface area contributed by atoms with Crippen LogP contribution in [0.5, 0.6) is 11.5 Å². The second-order valence-corrected chi connectivity index (χ2v) is 8.84. The van der Waals surface area contributed by atoms with Crippen LogP contribution < -0.4 is 15.6 Å². The lowest BCUT2D eigenvalue weighted by Gasteiger charge is -2.27. The zero-order valence-electron chi connectivity index (χ0n) is 20.4. The summed E-state index contributed by atoms with van der Waals surface area (Å²) < 4.78 is 27.0. The summed E-state index contributed by atoms with van der Waals surface area (Å²) in [6.45, 7) is 3.84. The Morgan fingerprint density at radius 2 is 2.03 bits per heavy atom. The third kappa shape index (κ3) is 4.83. The Morgan fingerprint density at radius 3 is 2.78 bits per heavy atom. The van der Waals surface area contributed by atoms with Crippen molar-refractivity contribution >= 4 is 11.8 Å². The topological polar surface area (TPSA) is 123 Å². The predicted octanol–water partition coefficient (Wildman–Crippen LogP) is 2.15. The van der Waals surface area contributed by atoms with E-state index >= 15 is 0 Å². The third-order valence-electron chi connectivity index (χ3n) is 6.45. The van der Waals surface area contributed by atoms with Gasteiger partial charge >= 0.3 is 0 Å². The van der Waals surface area contributed by atoms with E-state index in [9.17, 15) is 23.9 Å². The van der Waals surface area contributed by atoms with Gasteiger partial charge in [-0.1, -0.05) is 13.0 Å². The molecule has 3 heterocycles. The molecule has 11 heteroatoms. The fourth-order valence-corrected chi connectivity index (χ4v) is 4.28. The van der Waals surface area contributed by atoms with E-state index in [1.165, 1.54) is 21.6 Å². The van der Waals surface area contributed by atoms with Crippen molar-refractivity contribution < 1.29 is 28.6 Å². The van der Waals surface area contributed by atoms with Gasteiger partial charge in [-0.05, 0) is 37.5 Å². The minimum absolute atomic E-state index is 0.0484. The highest BCUT2D eigenvalue weighted by molar-refractivity contribution is 5.94. The number of rotatable bonds is 1. The molecule has 2 aromatic rings. The molecular weight excluding hydrogens is 471 g/mol. The summed E-state index contributed by atoms with van der Waals surface area (Å²) in [7, 11) is 1.55. The van der Waals surface area contributed by atoms with E-state index < -0.39 is 40.8 Å². The lowest BCUT2D eigenvalue weighted by molar-refractivity contribution is -0.128. The smallest absolute Gasteiger partial charge is 0.296 e. The normalized spacial score (nSPS) is 21.7. The number of fused-ring (bicyclic) bond motifs is 2. The molecule has 0 radical (unpaired) electrons. The van der Waals surface area contributed by atoms with Crippen LogP contribution in [0.1, 0.15) is 59.3 Å². The third-order valence-corrected chi connectivity index (χ3v) is 6.45. The number of nitrogens with zero attached hydrogens (tertiary/aromatic N) is 3. The Labute approximate surface area is 207 Å². The van der Waals surface area contributed by atoms with Gasteiger partial charge in [-0.15, -0.1) is 0 Å². The van der Waals surface area contributed by atoms with Crippen molar-refractivity contribution in [1.82, 2.24) is 19.8 Å². The number of aromatic nitrogens is 2. The van der Waals surface area contributed by atoms with E-state index in [2.05, 4.69) is 10.3 Å². The number of ether oxygens (including phenoxy) is 2. The van der Waals surface area contributed by atoms with Crippen molar-refractivity contribution in [3.63, 3.8) is 0 Å². The summed E-state index contributed by atoms with van der Waals surface area (Å²) in [6, 6.07) is 1.59. The van der Waals surface area contributed by atoms with Crippen molar-refractivity contribution in [3.8, 4) is 11.5 Å². The number of benzene rings is 1. The lowest BCUT2D eigenvalue weighted by Crippen LogP contribution is -2.39. The van der Waals surface area contributed by atoms with Gasteiger partial charge in [-0.25, -0.2) is 9.37 Å². The summed E-state index contributed by atoms with van der Waals surface area (Å²) in [5, 5.41) is 13.3. The summed E-state index contributed by atoms with van der Waals surface area (Å²) in [6.07, 6.45) is 3.92. The molecule has 2 aliphatic heterocycles. The molecular formula is C25H29FN4O6. The number of amides is 2. The van der Waals surface area contributed by atoms with E-state index in [1.54, 1.807) is 26.1 Å². The van der Waals surface area contributed by atoms with Gasteiger partial charge in [0, 0.05) is 25.2 Å². The molecule has 2 N–H and O–H groups in total. The van der Waals surface area contributed by atoms with Crippen LogP contribution in [0.2, 0.25) is 0 Å². The monoisotopic (exact) mass is 500 g/mol. The molecule has 2 aliphatic rings. The predicted molar refractivity (Wildman–Crippen MR) is 127 cm³/mol. The van der Waals surface area contributed by atoms with Gasteiger partial charge in [0.25, 0.3) is 11.5 Å². The summed E-state index contributed by atoms with van der Waals surface area (Å²) in [5.41, 5.74) is -0.367. The van der Waals surface area contributed by atoms with Crippen LogP contribution in [0.15, 0.2) is 29.1 Å². The molecule has 2 amide bonds. The van der Waals surface area contributed by atoms with Crippen LogP contribution in [0.25, 0.3) is 0 Å². The molecule has 10 nitrogen and oxygen atoms in total. The molecule has 36 heavy (non-hydrogen) atoms. The molecule has 1 aromatic carbocycles. The van der Waals surface area contributed by atoms with Gasteiger partial charge in [0.1, 0.15) is 23.4 Å². The minimum Gasteiger partial charge on any atom is -0.501 e. The number of aromatic hydroxyl groups is 1. The Bertz CT molecular complexity index is 1270. The van der Waals surface area contributed by atoms with E-state index in [1.807, 2.05) is 6.92 Å². The molecule has 1 aromatic heterocycles. The highest BCUT2D eigenvalue weighted by Gasteiger charge is 2.34. The van der Waals surface area contributed by atoms with Crippen molar-refractivity contribution in [2.45, 2.75) is 45.3 Å². The van der Waals surface area contributed by atoms with Crippen LogP contribution in [0.4, 0.5) is 4.39 Å². The summed E-state index contributed by atoms with van der Waals surface area (Å²) in [4.78, 5) is 45.0. The highest BCUT2D eigenvalue weighted by atomic mass is 19.1. The van der Waals surface area contributed by atoms with Gasteiger partial charge < -0.3 is 24.8 Å². The average molecular weight is 501 g/mol. The van der Waals surface area contributed by atoms with Crippen LogP contribution in [0.3, 0.4) is 0 Å². The first-order valence-corrected chi connectivity index (χ1v) is 11.8. The van der Waals surface area contributed by atoms with Gasteiger partial charge in [0.2, 0.25) is 11.7 Å². The molecule has 4 rings (SSSR count). The fourth-order valence-electron chi connectivity index (χ4n) is 4.28. The van der Waals surface area contributed by atoms with Crippen molar-refractivity contribution in [2.24, 2.45) is 0 Å². The minimum atomic E-state index is -0.794. The van der Waals surface area contributed by atoms with Crippen LogP contribution in [-0.4, -0.2) is 58.2 Å². The molecule has 0 fully saturated rings. The number of hydrogen-bond donors (Lipinski definition) is 2. The number of carbonyl (C=O) groups is 2. The van der Waals surface area contributed by atoms with E-state index in [-0.39, 0.29) is 43.8 Å². The largest absolute Gasteiger partial charge is 0.501 e. The molecule has 0 spiro atoms. The molecule has 192 valence electrons. The lowest BCUT2D eigenvalue weighted by atomic mass is 10.1. The van der Waals surface area contributed by atoms with E-state index in [0.29, 0.717) is 24.0 Å². The average Bonchev–Trinajstić information content (AvgIpc) is 3.04. The van der Waals surface area contributed by atoms with E-state index in [0.717, 1.165) is 0 Å². The second kappa shape index (κ2) is 10.5. The Morgan fingerprint density at radius 1 is 1.25 bits per heavy atom. The number of aryl methyl sites for hydroxylation is 1. The van der Waals surface area contributed by atoms with Crippen molar-refractivity contribution in [3.05, 3.63) is 63.1 Å². The first-order valence-electron chi connectivity index (χ1n) is 11.8. The maximum Gasteiger partial charge on any atom is 0.296 e. The van der Waals surface area contributed by atoms with Gasteiger partial charge in [0.05, 0.1) is 25.9 Å². The van der Waals surface area contributed by atoms with Crippen LogP contribution >= 0.6 is 0 Å². The fraction of sp³-hybridized carbons (Fsp3) is 0.440. The number of likely N-dealkylation sites (N-methyl/N-ethyl adjacent to an activating group) is 1. The summed E-state index contributed by atoms with van der Waals surface area (Å²) >= 11 is 0. The van der Waals surface area contributed by atoms with Gasteiger partial charge in [0.15, 0.2) is 5.69 Å². The zero-order chi connectivity index (χ0) is 26.0. The second-order valence-electron chi connectivity index (χ2n) is 8.84. The number of nitrogens with one attached hydrogen (secondary N) is 1. The Hall–Kier alpha value is -3.73. The number of carbonyl (C=O) groups excluding carboxylic acids is 2. The first kappa shape index (κ1) is 25.4. The SMILES string of the molecule is CC[C@H]1COCC2c3nc(c(O)c(=O)n31)C(=O)NCc1cc(C)c(F)cc1OCC/C=C/C(=O)N2C. The maximum absolute atomic E-state index is 14.2. The number of halogens is 1. The molecule has 0 saturated carbocycles. The zero-order valence-corrected chi connectivity index (χ0v) is 20.4. The standard InChI is InChI=1S/C25H29FN4O6/c1-4-16-12-35-13-18-23-28-21(22(32)25(34)30(16)23)24(33)27-11-15-9-14(2)17(26)10-19(15)36-8-6-5-7-20(31)29(18)3/h5,7,9-10,16,18,32H,4,6,8,11-13H2,1-3H3,(H,27,33)/b7-5+/t16-,18?/m0/s1. The first-order chi connectivity index (χ1) is 17.2. The van der Waals surface area contributed by atoms with E-state index in [4.69, 9.17) is 9.47 Å². The summed E-state index contributed by atoms with van der Waals surface area (Å²) in [5.74, 6) is -2.02. The molecule has 1 unspecified atom stereocenters. The van der Waals surface area contributed by atoms with Crippen molar-refractivity contribution in [2.75, 3.05) is 26.9 Å². The molecule has 0 saturated heterocycles. The highest BCUT2D eigenvalue weighted by Crippen LogP contribution is 2.28. The quantitative estimate of drug-likeness (QED) is 0.615. The molecule has 2 bridgehead atoms. The van der Waals surface area contributed by atoms with Crippen LogP contribution in [0, 0.1) is 12.7 Å². The van der Waals surface area contributed by atoms with Crippen LogP contribution in [-0.2, 0) is 16.1 Å². The molecule has 0 aliphatic carbocycles. The maximum atomic E-state index is 14.2. The Balaban J connectivity index is 1.84.